The third kappa shape index (κ3) is 5.07. The fraction of sp³-hybridized carbons (Fsp3) is 0.381. The quantitative estimate of drug-likeness (QED) is 0.877. The van der Waals surface area contributed by atoms with Crippen LogP contribution >= 0.6 is 0 Å². The third-order valence-electron chi connectivity index (χ3n) is 4.82. The average molecular weight is 337 g/mol. The molecular weight excluding hydrogens is 310 g/mol. The second kappa shape index (κ2) is 8.67. The van der Waals surface area contributed by atoms with E-state index in [1.165, 1.54) is 11.3 Å². The molecule has 1 heterocycles. The lowest BCUT2D eigenvalue weighted by Gasteiger charge is -2.35. The lowest BCUT2D eigenvalue weighted by Crippen LogP contribution is -2.46. The summed E-state index contributed by atoms with van der Waals surface area (Å²) in [6, 6.07) is 18.3. The number of likely N-dealkylation sites (N-methyl/N-ethyl adjacent to an activating group) is 1. The number of piperazine rings is 1. The van der Waals surface area contributed by atoms with E-state index in [9.17, 15) is 4.79 Å². The van der Waals surface area contributed by atoms with Crippen molar-refractivity contribution in [1.82, 2.24) is 4.90 Å². The number of rotatable bonds is 6. The minimum atomic E-state index is 0.0631. The summed E-state index contributed by atoms with van der Waals surface area (Å²) in [6.07, 6.45) is 1.28. The van der Waals surface area contributed by atoms with E-state index >= 15 is 0 Å². The van der Waals surface area contributed by atoms with Gasteiger partial charge >= 0.3 is 0 Å². The maximum Gasteiger partial charge on any atom is 0.224 e. The van der Waals surface area contributed by atoms with Gasteiger partial charge in [0.05, 0.1) is 0 Å². The predicted molar refractivity (Wildman–Crippen MR) is 104 cm³/mol. The second-order valence-electron chi connectivity index (χ2n) is 6.50. The van der Waals surface area contributed by atoms with Gasteiger partial charge in [-0.25, -0.2) is 0 Å². The first-order chi connectivity index (χ1) is 12.2. The molecule has 0 spiro atoms. The molecule has 3 rings (SSSR count). The molecule has 0 radical (unpaired) electrons. The lowest BCUT2D eigenvalue weighted by atomic mass is 10.1. The summed E-state index contributed by atoms with van der Waals surface area (Å²) in [5, 5.41) is 2.99. The van der Waals surface area contributed by atoms with Gasteiger partial charge in [-0.1, -0.05) is 37.3 Å². The van der Waals surface area contributed by atoms with E-state index in [4.69, 9.17) is 0 Å². The third-order valence-corrected chi connectivity index (χ3v) is 4.82. The maximum atomic E-state index is 12.1. The number of hydrogen-bond donors (Lipinski definition) is 1. The fourth-order valence-corrected chi connectivity index (χ4v) is 3.20. The summed E-state index contributed by atoms with van der Waals surface area (Å²) in [6.45, 7) is 7.71. The predicted octanol–water partition coefficient (Wildman–Crippen LogP) is 3.40. The van der Waals surface area contributed by atoms with Gasteiger partial charge in [-0.15, -0.1) is 0 Å². The van der Waals surface area contributed by atoms with Crippen LogP contribution in [-0.2, 0) is 11.2 Å². The van der Waals surface area contributed by atoms with Crippen molar-refractivity contribution < 1.29 is 4.79 Å². The topological polar surface area (TPSA) is 35.6 Å². The lowest BCUT2D eigenvalue weighted by molar-refractivity contribution is -0.116. The number of hydrogen-bond acceptors (Lipinski definition) is 3. The van der Waals surface area contributed by atoms with Gasteiger partial charge in [0.1, 0.15) is 0 Å². The molecule has 0 unspecified atom stereocenters. The number of amides is 1. The molecule has 1 fully saturated rings. The van der Waals surface area contributed by atoms with Crippen molar-refractivity contribution >= 4 is 17.3 Å². The van der Waals surface area contributed by atoms with Crippen LogP contribution in [0.4, 0.5) is 11.4 Å². The van der Waals surface area contributed by atoms with Crippen LogP contribution in [0, 0.1) is 0 Å². The van der Waals surface area contributed by atoms with Crippen molar-refractivity contribution in [3.63, 3.8) is 0 Å². The number of carbonyl (C=O) groups excluding carboxylic acids is 1. The van der Waals surface area contributed by atoms with Crippen LogP contribution in [0.25, 0.3) is 0 Å². The van der Waals surface area contributed by atoms with Gasteiger partial charge in [0.2, 0.25) is 5.91 Å². The van der Waals surface area contributed by atoms with E-state index in [-0.39, 0.29) is 5.91 Å². The number of anilines is 2. The number of benzene rings is 2. The van der Waals surface area contributed by atoms with Crippen LogP contribution in [0.5, 0.6) is 0 Å². The first-order valence-electron chi connectivity index (χ1n) is 9.16. The zero-order valence-corrected chi connectivity index (χ0v) is 14.9. The summed E-state index contributed by atoms with van der Waals surface area (Å²) in [5.74, 6) is 0.0631. The molecule has 25 heavy (non-hydrogen) atoms. The van der Waals surface area contributed by atoms with Crippen LogP contribution in [-0.4, -0.2) is 43.5 Å². The van der Waals surface area contributed by atoms with E-state index in [0.29, 0.717) is 6.42 Å². The molecular formula is C21H27N3O. The Morgan fingerprint density at radius 2 is 1.64 bits per heavy atom. The highest BCUT2D eigenvalue weighted by atomic mass is 16.1. The standard InChI is InChI=1S/C21H27N3O/c1-2-23-14-16-24(17-15-23)20-11-9-19(10-12-20)22-21(25)13-8-18-6-4-3-5-7-18/h3-7,9-12H,2,8,13-17H2,1H3,(H,22,25). The summed E-state index contributed by atoms with van der Waals surface area (Å²) in [5.41, 5.74) is 3.30. The molecule has 0 saturated carbocycles. The summed E-state index contributed by atoms with van der Waals surface area (Å²) >= 11 is 0. The molecule has 0 atom stereocenters. The molecule has 2 aromatic carbocycles. The Labute approximate surface area is 150 Å². The molecule has 2 aromatic rings. The van der Waals surface area contributed by atoms with Gasteiger partial charge in [0.25, 0.3) is 0 Å². The molecule has 4 heteroatoms. The summed E-state index contributed by atoms with van der Waals surface area (Å²) in [7, 11) is 0. The summed E-state index contributed by atoms with van der Waals surface area (Å²) < 4.78 is 0. The second-order valence-corrected chi connectivity index (χ2v) is 6.50. The van der Waals surface area contributed by atoms with Crippen LogP contribution in [0.15, 0.2) is 54.6 Å². The van der Waals surface area contributed by atoms with Crippen molar-refractivity contribution in [2.45, 2.75) is 19.8 Å². The summed E-state index contributed by atoms with van der Waals surface area (Å²) in [4.78, 5) is 17.0. The highest BCUT2D eigenvalue weighted by Crippen LogP contribution is 2.19. The molecule has 1 N–H and O–H groups in total. The normalized spacial score (nSPS) is 15.2. The molecule has 1 aliphatic rings. The molecule has 0 bridgehead atoms. The zero-order valence-electron chi connectivity index (χ0n) is 14.9. The molecule has 4 nitrogen and oxygen atoms in total. The Kier molecular flexibility index (Phi) is 6.07. The van der Waals surface area contributed by atoms with Crippen LogP contribution in [0.1, 0.15) is 18.9 Å². The Morgan fingerprint density at radius 3 is 2.28 bits per heavy atom. The zero-order chi connectivity index (χ0) is 17.5. The van der Waals surface area contributed by atoms with Gasteiger partial charge < -0.3 is 15.1 Å². The Balaban J connectivity index is 1.48. The number of nitrogens with zero attached hydrogens (tertiary/aromatic N) is 2. The number of aryl methyl sites for hydroxylation is 1. The monoisotopic (exact) mass is 337 g/mol. The highest BCUT2D eigenvalue weighted by Gasteiger charge is 2.15. The van der Waals surface area contributed by atoms with Gasteiger partial charge in [-0.3, -0.25) is 4.79 Å². The number of carbonyl (C=O) groups is 1. The van der Waals surface area contributed by atoms with Crippen molar-refractivity contribution in [2.24, 2.45) is 0 Å². The molecule has 0 aliphatic carbocycles. The van der Waals surface area contributed by atoms with E-state index in [1.807, 2.05) is 30.3 Å². The molecule has 132 valence electrons. The van der Waals surface area contributed by atoms with Gasteiger partial charge in [0, 0.05) is 44.0 Å². The largest absolute Gasteiger partial charge is 0.369 e. The molecule has 1 aliphatic heterocycles. The highest BCUT2D eigenvalue weighted by molar-refractivity contribution is 5.91. The van der Waals surface area contributed by atoms with Crippen molar-refractivity contribution in [1.29, 1.82) is 0 Å². The first-order valence-corrected chi connectivity index (χ1v) is 9.16. The Bertz CT molecular complexity index is 661. The average Bonchev–Trinajstić information content (AvgIpc) is 2.68. The van der Waals surface area contributed by atoms with Gasteiger partial charge in [-0.2, -0.15) is 0 Å². The van der Waals surface area contributed by atoms with Gasteiger partial charge in [-0.05, 0) is 42.8 Å². The Hall–Kier alpha value is -2.33. The van der Waals surface area contributed by atoms with Gasteiger partial charge in [0.15, 0.2) is 0 Å². The fourth-order valence-electron chi connectivity index (χ4n) is 3.20. The van der Waals surface area contributed by atoms with Crippen molar-refractivity contribution in [3.05, 3.63) is 60.2 Å². The molecule has 1 saturated heterocycles. The smallest absolute Gasteiger partial charge is 0.224 e. The van der Waals surface area contributed by atoms with Crippen LogP contribution < -0.4 is 10.2 Å². The Morgan fingerprint density at radius 1 is 0.960 bits per heavy atom. The first kappa shape index (κ1) is 17.5. The van der Waals surface area contributed by atoms with E-state index < -0.39 is 0 Å². The van der Waals surface area contributed by atoms with Crippen molar-refractivity contribution in [2.75, 3.05) is 42.9 Å². The minimum absolute atomic E-state index is 0.0631. The van der Waals surface area contributed by atoms with Crippen LogP contribution in [0.3, 0.4) is 0 Å². The SMILES string of the molecule is CCN1CCN(c2ccc(NC(=O)CCc3ccccc3)cc2)CC1. The number of nitrogens with one attached hydrogen (secondary N) is 1. The van der Waals surface area contributed by atoms with E-state index in [2.05, 4.69) is 46.3 Å². The van der Waals surface area contributed by atoms with E-state index in [0.717, 1.165) is 44.8 Å². The molecule has 1 amide bonds. The maximum absolute atomic E-state index is 12.1. The minimum Gasteiger partial charge on any atom is -0.369 e. The van der Waals surface area contributed by atoms with Crippen LogP contribution in [0.2, 0.25) is 0 Å². The van der Waals surface area contributed by atoms with Crippen molar-refractivity contribution in [3.8, 4) is 0 Å². The molecule has 0 aromatic heterocycles. The van der Waals surface area contributed by atoms with E-state index in [1.54, 1.807) is 0 Å².